The molecule has 4 heteroatoms. The molecule has 0 aliphatic heterocycles. The Labute approximate surface area is 339 Å². The number of hydrogen-bond acceptors (Lipinski definition) is 0. The SMILES string of the molecule is C=Cc1c(/C=C\C)c2ccc3c(c4cc5c(c6ccccc6n5-c5ccccc5)c5c6c7c(ccc6n3c45)c3ccccc3n7-c3ccccc3)c2n1-c1ccccc1. The molecule has 0 N–H and O–H groups in total. The van der Waals surface area contributed by atoms with Crippen molar-refractivity contribution >= 4 is 105 Å². The number of hydrogen-bond donors (Lipinski definition) is 0. The average Bonchev–Trinajstić information content (AvgIpc) is 4.08. The molecular formula is C55H36N4. The van der Waals surface area contributed by atoms with Crippen LogP contribution >= 0.6 is 0 Å². The fraction of sp³-hybridized carbons (Fsp3) is 0.0182. The second-order valence-electron chi connectivity index (χ2n) is 15.6. The summed E-state index contributed by atoms with van der Waals surface area (Å²) in [6, 6.07) is 62.2. The van der Waals surface area contributed by atoms with E-state index in [0.717, 1.165) is 22.8 Å². The van der Waals surface area contributed by atoms with Crippen LogP contribution in [0.4, 0.5) is 0 Å². The first-order valence-electron chi connectivity index (χ1n) is 20.4. The van der Waals surface area contributed by atoms with Crippen molar-refractivity contribution in [2.45, 2.75) is 6.92 Å². The molecule has 59 heavy (non-hydrogen) atoms. The highest BCUT2D eigenvalue weighted by atomic mass is 15.0. The standard InChI is InChI=1S/C55H36N4/c1-3-18-37-39-29-31-46-50(53(39)57(43(37)4-2)35-21-10-6-11-22-35)42-33-48-49(41-26-15-17-28-45(41)56(48)34-19-8-5-9-20-34)52-51-47(59(46)55(42)52)32-30-40-38-25-14-16-27-44(38)58(54(40)51)36-23-12-7-13-24-36/h3-33H,2H2,1H3/b18-3-. The molecule has 0 aliphatic carbocycles. The lowest BCUT2D eigenvalue weighted by molar-refractivity contribution is 1.11. The Kier molecular flexibility index (Phi) is 6.49. The number of para-hydroxylation sites is 5. The van der Waals surface area contributed by atoms with Crippen molar-refractivity contribution < 1.29 is 0 Å². The fourth-order valence-electron chi connectivity index (χ4n) is 10.6. The molecule has 0 atom stereocenters. The van der Waals surface area contributed by atoms with Gasteiger partial charge in [-0.25, -0.2) is 0 Å². The number of fused-ring (bicyclic) bond motifs is 16. The van der Waals surface area contributed by atoms with E-state index in [1.165, 1.54) is 98.2 Å². The van der Waals surface area contributed by atoms with E-state index in [2.05, 4.69) is 214 Å². The van der Waals surface area contributed by atoms with Crippen LogP contribution in [-0.4, -0.2) is 18.1 Å². The van der Waals surface area contributed by atoms with Crippen molar-refractivity contribution in [2.24, 2.45) is 0 Å². The van der Waals surface area contributed by atoms with Crippen LogP contribution in [-0.2, 0) is 0 Å². The molecule has 0 aliphatic rings. The van der Waals surface area contributed by atoms with E-state index in [4.69, 9.17) is 0 Å². The highest BCUT2D eigenvalue weighted by Crippen LogP contribution is 2.51. The quantitative estimate of drug-likeness (QED) is 0.167. The molecule has 0 radical (unpaired) electrons. The summed E-state index contributed by atoms with van der Waals surface area (Å²) < 4.78 is 9.98. The minimum atomic E-state index is 1.09. The number of allylic oxidation sites excluding steroid dienone is 1. The van der Waals surface area contributed by atoms with E-state index in [9.17, 15) is 0 Å². The van der Waals surface area contributed by atoms with Gasteiger partial charge in [-0.3, -0.25) is 0 Å². The molecule has 0 fully saturated rings. The van der Waals surface area contributed by atoms with Crippen LogP contribution in [0.1, 0.15) is 18.2 Å². The molecule has 0 spiro atoms. The Balaban J connectivity index is 1.37. The predicted octanol–water partition coefficient (Wildman–Crippen LogP) is 14.7. The van der Waals surface area contributed by atoms with Gasteiger partial charge >= 0.3 is 0 Å². The number of aromatic nitrogens is 4. The van der Waals surface area contributed by atoms with E-state index in [1.807, 2.05) is 6.08 Å². The van der Waals surface area contributed by atoms with Crippen molar-refractivity contribution in [2.75, 3.05) is 0 Å². The zero-order chi connectivity index (χ0) is 38.9. The maximum Gasteiger partial charge on any atom is 0.0641 e. The van der Waals surface area contributed by atoms with Gasteiger partial charge in [-0.1, -0.05) is 122 Å². The molecule has 0 bridgehead atoms. The van der Waals surface area contributed by atoms with E-state index in [-0.39, 0.29) is 0 Å². The molecule has 0 saturated carbocycles. The summed E-state index contributed by atoms with van der Waals surface area (Å²) in [5.74, 6) is 0. The highest BCUT2D eigenvalue weighted by Gasteiger charge is 2.29. The Morgan fingerprint density at radius 1 is 0.390 bits per heavy atom. The van der Waals surface area contributed by atoms with Crippen LogP contribution in [0, 0.1) is 0 Å². The highest BCUT2D eigenvalue weighted by molar-refractivity contribution is 6.41. The third kappa shape index (κ3) is 4.07. The summed E-state index contributed by atoms with van der Waals surface area (Å²) >= 11 is 0. The second-order valence-corrected chi connectivity index (χ2v) is 15.6. The fourth-order valence-corrected chi connectivity index (χ4v) is 10.6. The van der Waals surface area contributed by atoms with Gasteiger partial charge in [0.05, 0.1) is 49.8 Å². The third-order valence-corrected chi connectivity index (χ3v) is 12.7. The first-order chi connectivity index (χ1) is 29.3. The van der Waals surface area contributed by atoms with Gasteiger partial charge < -0.3 is 18.1 Å². The summed E-state index contributed by atoms with van der Waals surface area (Å²) in [6.45, 7) is 6.48. The Hall–Kier alpha value is -7.82. The predicted molar refractivity (Wildman–Crippen MR) is 251 cm³/mol. The monoisotopic (exact) mass is 752 g/mol. The van der Waals surface area contributed by atoms with Crippen molar-refractivity contribution in [3.8, 4) is 17.1 Å². The van der Waals surface area contributed by atoms with E-state index in [0.29, 0.717) is 0 Å². The van der Waals surface area contributed by atoms with Crippen LogP contribution in [0.15, 0.2) is 183 Å². The Morgan fingerprint density at radius 2 is 0.932 bits per heavy atom. The van der Waals surface area contributed by atoms with Gasteiger partial charge in [0.15, 0.2) is 0 Å². The van der Waals surface area contributed by atoms with E-state index < -0.39 is 0 Å². The molecule has 5 heterocycles. The maximum absolute atomic E-state index is 4.38. The lowest BCUT2D eigenvalue weighted by Gasteiger charge is -2.11. The molecule has 0 amide bonds. The minimum Gasteiger partial charge on any atom is -0.309 e. The number of rotatable bonds is 5. The molecule has 0 saturated heterocycles. The number of nitrogens with zero attached hydrogens (tertiary/aromatic N) is 4. The van der Waals surface area contributed by atoms with E-state index in [1.54, 1.807) is 0 Å². The first kappa shape index (κ1) is 32.3. The van der Waals surface area contributed by atoms with Gasteiger partial charge in [0, 0.05) is 71.1 Å². The van der Waals surface area contributed by atoms with Crippen LogP contribution in [0.3, 0.4) is 0 Å². The van der Waals surface area contributed by atoms with Crippen LogP contribution in [0.2, 0.25) is 0 Å². The zero-order valence-electron chi connectivity index (χ0n) is 32.4. The van der Waals surface area contributed by atoms with Gasteiger partial charge in [-0.05, 0) is 79.7 Å². The molecular weight excluding hydrogens is 717 g/mol. The van der Waals surface area contributed by atoms with Gasteiger partial charge in [0.25, 0.3) is 0 Å². The van der Waals surface area contributed by atoms with Gasteiger partial charge in [-0.2, -0.15) is 0 Å². The van der Waals surface area contributed by atoms with Crippen molar-refractivity contribution in [3.05, 3.63) is 194 Å². The van der Waals surface area contributed by atoms with Crippen LogP contribution < -0.4 is 0 Å². The molecule has 8 aromatic carbocycles. The summed E-state index contributed by atoms with van der Waals surface area (Å²) in [7, 11) is 0. The van der Waals surface area contributed by atoms with E-state index >= 15 is 0 Å². The van der Waals surface area contributed by atoms with Crippen molar-refractivity contribution in [1.29, 1.82) is 0 Å². The van der Waals surface area contributed by atoms with Crippen molar-refractivity contribution in [3.63, 3.8) is 0 Å². The van der Waals surface area contributed by atoms with Gasteiger partial charge in [0.2, 0.25) is 0 Å². The molecule has 13 aromatic rings. The molecule has 276 valence electrons. The Morgan fingerprint density at radius 3 is 1.59 bits per heavy atom. The summed E-state index contributed by atoms with van der Waals surface area (Å²) in [5.41, 5.74) is 15.3. The topological polar surface area (TPSA) is 19.2 Å². The zero-order valence-corrected chi connectivity index (χ0v) is 32.4. The van der Waals surface area contributed by atoms with Gasteiger partial charge in [0.1, 0.15) is 0 Å². The third-order valence-electron chi connectivity index (χ3n) is 12.7. The second kappa shape index (κ2) is 11.9. The lowest BCUT2D eigenvalue weighted by Crippen LogP contribution is -1.97. The first-order valence-corrected chi connectivity index (χ1v) is 20.4. The van der Waals surface area contributed by atoms with Crippen LogP contribution in [0.25, 0.3) is 122 Å². The molecule has 5 aromatic heterocycles. The van der Waals surface area contributed by atoms with Crippen molar-refractivity contribution in [1.82, 2.24) is 18.1 Å². The van der Waals surface area contributed by atoms with Gasteiger partial charge in [-0.15, -0.1) is 0 Å². The summed E-state index contributed by atoms with van der Waals surface area (Å²) in [4.78, 5) is 0. The Bertz CT molecular complexity index is 3890. The molecule has 13 rings (SSSR count). The summed E-state index contributed by atoms with van der Waals surface area (Å²) in [6.07, 6.45) is 6.40. The minimum absolute atomic E-state index is 1.09. The molecule has 0 unspecified atom stereocenters. The average molecular weight is 753 g/mol. The largest absolute Gasteiger partial charge is 0.309 e. The normalized spacial score (nSPS) is 12.5. The maximum atomic E-state index is 4.38. The summed E-state index contributed by atoms with van der Waals surface area (Å²) in [5, 5.41) is 11.2. The van der Waals surface area contributed by atoms with Crippen LogP contribution in [0.5, 0.6) is 0 Å². The smallest absolute Gasteiger partial charge is 0.0641 e. The number of benzene rings is 8. The lowest BCUT2D eigenvalue weighted by atomic mass is 9.99. The molecule has 4 nitrogen and oxygen atoms in total.